The first kappa shape index (κ1) is 20.0. The SMILES string of the molecule is CC(C)(N)c1ccc2cc(Oc3cccc(OCCc4ccccc4)c3)ccc2c1. The molecule has 0 unspecified atom stereocenters. The van der Waals surface area contributed by atoms with Crippen LogP contribution in [-0.2, 0) is 12.0 Å². The molecule has 3 nitrogen and oxygen atoms in total. The van der Waals surface area contributed by atoms with Gasteiger partial charge in [-0.2, -0.15) is 0 Å². The van der Waals surface area contributed by atoms with Gasteiger partial charge in [-0.1, -0.05) is 54.6 Å². The number of hydrogen-bond donors (Lipinski definition) is 1. The van der Waals surface area contributed by atoms with Crippen molar-refractivity contribution in [3.8, 4) is 17.2 Å². The lowest BCUT2D eigenvalue weighted by Crippen LogP contribution is -2.28. The first-order valence-corrected chi connectivity index (χ1v) is 10.3. The van der Waals surface area contributed by atoms with Crippen molar-refractivity contribution >= 4 is 10.8 Å². The Kier molecular flexibility index (Phi) is 5.73. The molecule has 4 aromatic carbocycles. The van der Waals surface area contributed by atoms with E-state index in [4.69, 9.17) is 15.2 Å². The van der Waals surface area contributed by atoms with Gasteiger partial charge in [-0.05, 0) is 66.1 Å². The molecular weight excluding hydrogens is 370 g/mol. The normalized spacial score (nSPS) is 11.4. The molecule has 0 amide bonds. The molecule has 0 aromatic heterocycles. The minimum atomic E-state index is -0.357. The number of hydrogen-bond acceptors (Lipinski definition) is 3. The van der Waals surface area contributed by atoms with E-state index in [9.17, 15) is 0 Å². The van der Waals surface area contributed by atoms with Crippen LogP contribution < -0.4 is 15.2 Å². The number of nitrogens with two attached hydrogens (primary N) is 1. The molecule has 4 rings (SSSR count). The van der Waals surface area contributed by atoms with Crippen LogP contribution in [0.4, 0.5) is 0 Å². The van der Waals surface area contributed by atoms with E-state index in [1.54, 1.807) is 0 Å². The van der Waals surface area contributed by atoms with Gasteiger partial charge in [0.05, 0.1) is 6.61 Å². The van der Waals surface area contributed by atoms with E-state index in [0.29, 0.717) is 6.61 Å². The Labute approximate surface area is 178 Å². The van der Waals surface area contributed by atoms with Crippen molar-refractivity contribution in [1.82, 2.24) is 0 Å². The Balaban J connectivity index is 1.43. The summed E-state index contributed by atoms with van der Waals surface area (Å²) in [7, 11) is 0. The van der Waals surface area contributed by atoms with E-state index in [-0.39, 0.29) is 5.54 Å². The second kappa shape index (κ2) is 8.60. The molecular formula is C27H27NO2. The van der Waals surface area contributed by atoms with Crippen molar-refractivity contribution in [2.75, 3.05) is 6.61 Å². The largest absolute Gasteiger partial charge is 0.493 e. The predicted molar refractivity (Wildman–Crippen MR) is 123 cm³/mol. The minimum Gasteiger partial charge on any atom is -0.493 e. The molecule has 0 saturated heterocycles. The van der Waals surface area contributed by atoms with Gasteiger partial charge in [-0.3, -0.25) is 0 Å². The Bertz CT molecular complexity index is 1130. The molecule has 0 heterocycles. The average Bonchev–Trinajstić information content (AvgIpc) is 2.74. The number of benzene rings is 4. The van der Waals surface area contributed by atoms with Gasteiger partial charge in [0.1, 0.15) is 17.2 Å². The fourth-order valence-corrected chi connectivity index (χ4v) is 3.38. The van der Waals surface area contributed by atoms with E-state index >= 15 is 0 Å². The zero-order chi connectivity index (χ0) is 21.0. The van der Waals surface area contributed by atoms with Crippen LogP contribution in [0, 0.1) is 0 Å². The highest BCUT2D eigenvalue weighted by Gasteiger charge is 2.14. The maximum Gasteiger partial charge on any atom is 0.131 e. The van der Waals surface area contributed by atoms with Gasteiger partial charge in [0, 0.05) is 18.0 Å². The fraction of sp³-hybridized carbons (Fsp3) is 0.185. The van der Waals surface area contributed by atoms with E-state index in [1.807, 2.05) is 68.4 Å². The highest BCUT2D eigenvalue weighted by Crippen LogP contribution is 2.30. The highest BCUT2D eigenvalue weighted by atomic mass is 16.5. The van der Waals surface area contributed by atoms with Crippen LogP contribution in [0.15, 0.2) is 91.0 Å². The molecule has 0 aliphatic rings. The molecule has 0 atom stereocenters. The predicted octanol–water partition coefficient (Wildman–Crippen LogP) is 6.45. The molecule has 0 spiro atoms. The van der Waals surface area contributed by atoms with E-state index in [1.165, 1.54) is 5.56 Å². The van der Waals surface area contributed by atoms with Crippen molar-refractivity contribution in [3.05, 3.63) is 102 Å². The van der Waals surface area contributed by atoms with Crippen molar-refractivity contribution in [1.29, 1.82) is 0 Å². The standard InChI is InChI=1S/C27H27NO2/c1-27(2,28)23-13-11-22-18-26(14-12-21(22)17-23)30-25-10-6-9-24(19-25)29-16-15-20-7-4-3-5-8-20/h3-14,17-19H,15-16,28H2,1-2H3. The third-order valence-corrected chi connectivity index (χ3v) is 5.10. The summed E-state index contributed by atoms with van der Waals surface area (Å²) in [4.78, 5) is 0. The second-order valence-corrected chi connectivity index (χ2v) is 8.11. The van der Waals surface area contributed by atoms with Crippen molar-refractivity contribution in [2.45, 2.75) is 25.8 Å². The Hall–Kier alpha value is -3.30. The zero-order valence-electron chi connectivity index (χ0n) is 17.5. The fourth-order valence-electron chi connectivity index (χ4n) is 3.38. The lowest BCUT2D eigenvalue weighted by atomic mass is 9.93. The van der Waals surface area contributed by atoms with Crippen molar-refractivity contribution in [2.24, 2.45) is 5.73 Å². The summed E-state index contributed by atoms with van der Waals surface area (Å²) in [5.41, 5.74) is 8.25. The Morgan fingerprint density at radius 2 is 1.40 bits per heavy atom. The van der Waals surface area contributed by atoms with E-state index in [2.05, 4.69) is 36.4 Å². The molecule has 0 aliphatic carbocycles. The molecule has 0 saturated carbocycles. The first-order chi connectivity index (χ1) is 14.5. The molecule has 0 aliphatic heterocycles. The van der Waals surface area contributed by atoms with Crippen LogP contribution in [0.1, 0.15) is 25.0 Å². The average molecular weight is 398 g/mol. The maximum atomic E-state index is 6.23. The quantitative estimate of drug-likeness (QED) is 0.390. The lowest BCUT2D eigenvalue weighted by molar-refractivity contribution is 0.320. The van der Waals surface area contributed by atoms with Gasteiger partial charge in [-0.15, -0.1) is 0 Å². The summed E-state index contributed by atoms with van der Waals surface area (Å²) >= 11 is 0. The molecule has 3 heteroatoms. The number of fused-ring (bicyclic) bond motifs is 1. The van der Waals surface area contributed by atoms with Crippen molar-refractivity contribution < 1.29 is 9.47 Å². The molecule has 152 valence electrons. The van der Waals surface area contributed by atoms with E-state index < -0.39 is 0 Å². The third kappa shape index (κ3) is 5.00. The van der Waals surface area contributed by atoms with Crippen LogP contribution in [0.3, 0.4) is 0 Å². The van der Waals surface area contributed by atoms with Crippen LogP contribution in [0.5, 0.6) is 17.2 Å². The maximum absolute atomic E-state index is 6.23. The number of rotatable bonds is 7. The third-order valence-electron chi connectivity index (χ3n) is 5.10. The van der Waals surface area contributed by atoms with Crippen LogP contribution in [-0.4, -0.2) is 6.61 Å². The van der Waals surface area contributed by atoms with Crippen LogP contribution >= 0.6 is 0 Å². The summed E-state index contributed by atoms with van der Waals surface area (Å²) in [6, 6.07) is 30.5. The monoisotopic (exact) mass is 397 g/mol. The molecule has 30 heavy (non-hydrogen) atoms. The summed E-state index contributed by atoms with van der Waals surface area (Å²) in [5.74, 6) is 2.36. The van der Waals surface area contributed by atoms with E-state index in [0.717, 1.165) is 40.0 Å². The smallest absolute Gasteiger partial charge is 0.131 e. The Morgan fingerprint density at radius 3 is 2.20 bits per heavy atom. The summed E-state index contributed by atoms with van der Waals surface area (Å²) in [5, 5.41) is 2.27. The molecule has 0 radical (unpaired) electrons. The first-order valence-electron chi connectivity index (χ1n) is 10.3. The van der Waals surface area contributed by atoms with Crippen molar-refractivity contribution in [3.63, 3.8) is 0 Å². The van der Waals surface area contributed by atoms with Gasteiger partial charge < -0.3 is 15.2 Å². The van der Waals surface area contributed by atoms with Gasteiger partial charge in [0.25, 0.3) is 0 Å². The molecule has 0 fully saturated rings. The topological polar surface area (TPSA) is 44.5 Å². The van der Waals surface area contributed by atoms with Gasteiger partial charge in [0.15, 0.2) is 0 Å². The van der Waals surface area contributed by atoms with Gasteiger partial charge in [0.2, 0.25) is 0 Å². The summed E-state index contributed by atoms with van der Waals surface area (Å²) in [6.45, 7) is 4.66. The van der Waals surface area contributed by atoms with Gasteiger partial charge >= 0.3 is 0 Å². The minimum absolute atomic E-state index is 0.357. The molecule has 2 N–H and O–H groups in total. The highest BCUT2D eigenvalue weighted by molar-refractivity contribution is 5.84. The van der Waals surface area contributed by atoms with Crippen LogP contribution in [0.25, 0.3) is 10.8 Å². The zero-order valence-corrected chi connectivity index (χ0v) is 17.5. The summed E-state index contributed by atoms with van der Waals surface area (Å²) < 4.78 is 12.0. The lowest BCUT2D eigenvalue weighted by Gasteiger charge is -2.19. The number of ether oxygens (including phenoxy) is 2. The summed E-state index contributed by atoms with van der Waals surface area (Å²) in [6.07, 6.45) is 0.873. The Morgan fingerprint density at radius 1 is 0.700 bits per heavy atom. The molecule has 4 aromatic rings. The molecule has 0 bridgehead atoms. The second-order valence-electron chi connectivity index (χ2n) is 8.11. The van der Waals surface area contributed by atoms with Crippen LogP contribution in [0.2, 0.25) is 0 Å². The van der Waals surface area contributed by atoms with Gasteiger partial charge in [-0.25, -0.2) is 0 Å².